The van der Waals surface area contributed by atoms with E-state index in [0.29, 0.717) is 6.54 Å². The Balaban J connectivity index is 1.85. The molecule has 0 fully saturated rings. The Hall–Kier alpha value is -2.04. The molecule has 0 spiro atoms. The molecule has 4 heteroatoms. The van der Waals surface area contributed by atoms with E-state index in [2.05, 4.69) is 43.0 Å². The van der Waals surface area contributed by atoms with Gasteiger partial charge in [-0.25, -0.2) is 0 Å². The summed E-state index contributed by atoms with van der Waals surface area (Å²) in [5.41, 5.74) is 2.54. The zero-order chi connectivity index (χ0) is 18.1. The van der Waals surface area contributed by atoms with Crippen molar-refractivity contribution in [2.45, 2.75) is 32.9 Å². The number of ether oxygens (including phenoxy) is 2. The van der Waals surface area contributed by atoms with Crippen LogP contribution in [0.5, 0.6) is 11.5 Å². The van der Waals surface area contributed by atoms with E-state index in [9.17, 15) is 5.11 Å². The van der Waals surface area contributed by atoms with Crippen molar-refractivity contribution in [2.75, 3.05) is 26.8 Å². The van der Waals surface area contributed by atoms with Crippen molar-refractivity contribution in [3.63, 3.8) is 0 Å². The van der Waals surface area contributed by atoms with Gasteiger partial charge in [0.05, 0.1) is 7.11 Å². The molecule has 1 atom stereocenters. The maximum atomic E-state index is 10.3. The Morgan fingerprint density at radius 1 is 1.08 bits per heavy atom. The molecule has 2 aromatic rings. The van der Waals surface area contributed by atoms with Gasteiger partial charge in [-0.3, -0.25) is 4.90 Å². The first-order valence-corrected chi connectivity index (χ1v) is 8.83. The lowest BCUT2D eigenvalue weighted by molar-refractivity contribution is 0.0656. The number of hydrogen-bond acceptors (Lipinski definition) is 4. The third-order valence-corrected chi connectivity index (χ3v) is 4.00. The zero-order valence-corrected chi connectivity index (χ0v) is 15.4. The summed E-state index contributed by atoms with van der Waals surface area (Å²) in [5.74, 6) is 1.53. The molecular formula is C21H29NO3. The second-order valence-electron chi connectivity index (χ2n) is 6.36. The quantitative estimate of drug-likeness (QED) is 0.715. The normalized spacial score (nSPS) is 12.2. The minimum Gasteiger partial charge on any atom is -0.497 e. The molecule has 0 radical (unpaired) electrons. The number of methoxy groups -OCH3 is 1. The first-order valence-electron chi connectivity index (χ1n) is 8.83. The molecule has 0 saturated carbocycles. The lowest BCUT2D eigenvalue weighted by Crippen LogP contribution is -2.35. The van der Waals surface area contributed by atoms with Crippen LogP contribution in [-0.4, -0.2) is 42.9 Å². The predicted octanol–water partition coefficient (Wildman–Crippen LogP) is 3.66. The number of hydrogen-bond donors (Lipinski definition) is 1. The first-order chi connectivity index (χ1) is 12.1. The van der Waals surface area contributed by atoms with Gasteiger partial charge in [0.15, 0.2) is 0 Å². The van der Waals surface area contributed by atoms with Gasteiger partial charge in [0, 0.05) is 13.1 Å². The largest absolute Gasteiger partial charge is 0.497 e. The summed E-state index contributed by atoms with van der Waals surface area (Å²) in [5, 5.41) is 10.3. The van der Waals surface area contributed by atoms with Gasteiger partial charge >= 0.3 is 0 Å². The Morgan fingerprint density at radius 2 is 1.80 bits per heavy atom. The highest BCUT2D eigenvalue weighted by Gasteiger charge is 2.13. The summed E-state index contributed by atoms with van der Waals surface area (Å²) >= 11 is 0. The highest BCUT2D eigenvalue weighted by molar-refractivity contribution is 5.31. The molecule has 0 bridgehead atoms. The highest BCUT2D eigenvalue weighted by Crippen LogP contribution is 2.17. The van der Waals surface area contributed by atoms with E-state index < -0.39 is 6.10 Å². The molecule has 0 aromatic heterocycles. The van der Waals surface area contributed by atoms with Crippen molar-refractivity contribution >= 4 is 0 Å². The number of benzene rings is 2. The van der Waals surface area contributed by atoms with E-state index in [0.717, 1.165) is 31.0 Å². The molecule has 2 rings (SSSR count). The summed E-state index contributed by atoms with van der Waals surface area (Å²) in [7, 11) is 1.64. The van der Waals surface area contributed by atoms with Gasteiger partial charge < -0.3 is 14.6 Å². The maximum Gasteiger partial charge on any atom is 0.119 e. The minimum absolute atomic E-state index is 0.278. The smallest absolute Gasteiger partial charge is 0.119 e. The molecule has 1 N–H and O–H groups in total. The summed E-state index contributed by atoms with van der Waals surface area (Å²) in [6.07, 6.45) is 0.524. The molecule has 4 nitrogen and oxygen atoms in total. The van der Waals surface area contributed by atoms with E-state index >= 15 is 0 Å². The fourth-order valence-electron chi connectivity index (χ4n) is 2.83. The number of aliphatic hydroxyl groups is 1. The summed E-state index contributed by atoms with van der Waals surface area (Å²) in [6, 6.07) is 15.9. The van der Waals surface area contributed by atoms with Crippen LogP contribution in [0.2, 0.25) is 0 Å². The third-order valence-electron chi connectivity index (χ3n) is 4.00. The number of aryl methyl sites for hydroxylation is 1. The molecule has 0 amide bonds. The Labute approximate surface area is 151 Å². The van der Waals surface area contributed by atoms with Gasteiger partial charge in [-0.15, -0.1) is 0 Å². The maximum absolute atomic E-state index is 10.3. The van der Waals surface area contributed by atoms with Gasteiger partial charge in [-0.2, -0.15) is 0 Å². The lowest BCUT2D eigenvalue weighted by atomic mass is 10.1. The molecule has 25 heavy (non-hydrogen) atoms. The lowest BCUT2D eigenvalue weighted by Gasteiger charge is -2.25. The van der Waals surface area contributed by atoms with Crippen LogP contribution in [-0.2, 0) is 6.54 Å². The van der Waals surface area contributed by atoms with Crippen molar-refractivity contribution < 1.29 is 14.6 Å². The Bertz CT molecular complexity index is 627. The number of aliphatic hydroxyl groups excluding tert-OH is 1. The molecule has 1 unspecified atom stereocenters. The van der Waals surface area contributed by atoms with Crippen LogP contribution < -0.4 is 9.47 Å². The van der Waals surface area contributed by atoms with Crippen LogP contribution in [0.25, 0.3) is 0 Å². The summed E-state index contributed by atoms with van der Waals surface area (Å²) < 4.78 is 10.8. The van der Waals surface area contributed by atoms with Gasteiger partial charge in [-0.1, -0.05) is 36.8 Å². The van der Waals surface area contributed by atoms with Crippen LogP contribution in [0.4, 0.5) is 0 Å². The van der Waals surface area contributed by atoms with E-state index in [1.807, 2.05) is 24.3 Å². The molecule has 0 saturated heterocycles. The van der Waals surface area contributed by atoms with Gasteiger partial charge in [0.1, 0.15) is 24.2 Å². The molecule has 0 heterocycles. The fraction of sp³-hybridized carbons (Fsp3) is 0.429. The van der Waals surface area contributed by atoms with Gasteiger partial charge in [0.2, 0.25) is 0 Å². The van der Waals surface area contributed by atoms with Crippen molar-refractivity contribution in [3.05, 3.63) is 59.7 Å². The van der Waals surface area contributed by atoms with Crippen LogP contribution in [0.1, 0.15) is 24.5 Å². The number of nitrogens with zero attached hydrogens (tertiary/aromatic N) is 1. The molecule has 136 valence electrons. The summed E-state index contributed by atoms with van der Waals surface area (Å²) in [6.45, 7) is 6.93. The summed E-state index contributed by atoms with van der Waals surface area (Å²) in [4.78, 5) is 2.27. The zero-order valence-electron chi connectivity index (χ0n) is 15.4. The molecule has 2 aromatic carbocycles. The van der Waals surface area contributed by atoms with Crippen molar-refractivity contribution in [3.8, 4) is 11.5 Å². The first kappa shape index (κ1) is 19.3. The van der Waals surface area contributed by atoms with E-state index in [1.165, 1.54) is 11.1 Å². The van der Waals surface area contributed by atoms with Crippen molar-refractivity contribution in [1.29, 1.82) is 0 Å². The average Bonchev–Trinajstić information content (AvgIpc) is 2.60. The number of rotatable bonds is 10. The standard InChI is InChI=1S/C21H29NO3/c1-4-12-22(14-18-7-5-6-17(2)13-18)15-19(23)16-25-21-10-8-20(24-3)9-11-21/h5-11,13,19,23H,4,12,14-16H2,1-3H3. The van der Waals surface area contributed by atoms with Crippen LogP contribution in [0.3, 0.4) is 0 Å². The SMILES string of the molecule is CCCN(Cc1cccc(C)c1)CC(O)COc1ccc(OC)cc1. The second-order valence-corrected chi connectivity index (χ2v) is 6.36. The predicted molar refractivity (Wildman–Crippen MR) is 101 cm³/mol. The van der Waals surface area contributed by atoms with E-state index in [1.54, 1.807) is 7.11 Å². The van der Waals surface area contributed by atoms with Crippen molar-refractivity contribution in [2.24, 2.45) is 0 Å². The molecule has 0 aliphatic rings. The topological polar surface area (TPSA) is 41.9 Å². The average molecular weight is 343 g/mol. The minimum atomic E-state index is -0.529. The monoisotopic (exact) mass is 343 g/mol. The Morgan fingerprint density at radius 3 is 2.44 bits per heavy atom. The van der Waals surface area contributed by atoms with E-state index in [-0.39, 0.29) is 6.61 Å². The van der Waals surface area contributed by atoms with Gasteiger partial charge in [-0.05, 0) is 49.7 Å². The van der Waals surface area contributed by atoms with Crippen LogP contribution in [0.15, 0.2) is 48.5 Å². The Kier molecular flexibility index (Phi) is 7.76. The molecular weight excluding hydrogens is 314 g/mol. The fourth-order valence-corrected chi connectivity index (χ4v) is 2.83. The second kappa shape index (κ2) is 10.1. The van der Waals surface area contributed by atoms with Crippen LogP contribution in [0, 0.1) is 6.92 Å². The van der Waals surface area contributed by atoms with E-state index in [4.69, 9.17) is 9.47 Å². The third kappa shape index (κ3) is 6.77. The molecule has 0 aliphatic carbocycles. The van der Waals surface area contributed by atoms with Crippen LogP contribution >= 0.6 is 0 Å². The highest BCUT2D eigenvalue weighted by atomic mass is 16.5. The van der Waals surface area contributed by atoms with Crippen molar-refractivity contribution in [1.82, 2.24) is 4.90 Å². The van der Waals surface area contributed by atoms with Gasteiger partial charge in [0.25, 0.3) is 0 Å². The molecule has 0 aliphatic heterocycles.